The molecule has 4 aromatic rings. The van der Waals surface area contributed by atoms with Gasteiger partial charge in [0.15, 0.2) is 12.3 Å². The van der Waals surface area contributed by atoms with E-state index in [4.69, 9.17) is 32.2 Å². The average Bonchev–Trinajstić information content (AvgIpc) is 3.71. The third-order valence-electron chi connectivity index (χ3n) is 8.46. The highest BCUT2D eigenvalue weighted by Gasteiger charge is 2.32. The highest BCUT2D eigenvalue weighted by molar-refractivity contribution is 6.30. The van der Waals surface area contributed by atoms with Crippen LogP contribution in [0.15, 0.2) is 36.8 Å². The Kier molecular flexibility index (Phi) is 6.78. The van der Waals surface area contributed by atoms with E-state index in [1.54, 1.807) is 11.1 Å². The standard InChI is InChI=1S/C30H31ClN8O3/c1-16-10-33-7-6-22(16)39-30-20(13-36-39)27(28(29(32)41)21(37-30)8-17-2-3-17)18-4-5-23-24(9-18)42-15-26(40)38(23)14-25-34-11-19(31)12-35-25/h4-5,9,11-13,16-17,22,33H,2-3,6-8,10,14-15H2,1H3,(H2,32,41)/t16-,22-/m1/s1. The number of nitrogens with zero attached hydrogens (tertiary/aromatic N) is 6. The van der Waals surface area contributed by atoms with Crippen molar-refractivity contribution >= 4 is 40.1 Å². The van der Waals surface area contributed by atoms with Crippen molar-refractivity contribution in [3.63, 3.8) is 0 Å². The zero-order valence-corrected chi connectivity index (χ0v) is 24.0. The van der Waals surface area contributed by atoms with E-state index in [2.05, 4.69) is 22.2 Å². The van der Waals surface area contributed by atoms with Crippen molar-refractivity contribution in [1.29, 1.82) is 0 Å². The van der Waals surface area contributed by atoms with Crippen molar-refractivity contribution in [1.82, 2.24) is 30.0 Å². The quantitative estimate of drug-likeness (QED) is 0.334. The fourth-order valence-corrected chi connectivity index (χ4v) is 6.21. The number of carbonyl (C=O) groups excluding carboxylic acids is 2. The fourth-order valence-electron chi connectivity index (χ4n) is 6.12. The SMILES string of the molecule is C[C@@H]1CNCC[C@H]1n1ncc2c(-c3ccc4c(c3)OCC(=O)N4Cc3ncc(Cl)cn3)c(C(N)=O)c(CC3CC3)nc21. The minimum Gasteiger partial charge on any atom is -0.482 e. The molecule has 216 valence electrons. The summed E-state index contributed by atoms with van der Waals surface area (Å²) in [6, 6.07) is 5.78. The number of piperidine rings is 1. The van der Waals surface area contributed by atoms with E-state index in [0.29, 0.717) is 57.4 Å². The summed E-state index contributed by atoms with van der Waals surface area (Å²) < 4.78 is 7.94. The van der Waals surface area contributed by atoms with E-state index in [-0.39, 0.29) is 25.1 Å². The van der Waals surface area contributed by atoms with Gasteiger partial charge in [0.25, 0.3) is 11.8 Å². The molecule has 0 unspecified atom stereocenters. The Bertz CT molecular complexity index is 1700. The molecule has 0 bridgehead atoms. The van der Waals surface area contributed by atoms with Gasteiger partial charge in [-0.3, -0.25) is 14.5 Å². The number of anilines is 1. The number of amides is 2. The Labute approximate surface area is 247 Å². The van der Waals surface area contributed by atoms with Gasteiger partial charge in [-0.05, 0) is 68.3 Å². The number of aromatic nitrogens is 5. The summed E-state index contributed by atoms with van der Waals surface area (Å²) in [6.07, 6.45) is 8.67. The summed E-state index contributed by atoms with van der Waals surface area (Å²) in [4.78, 5) is 41.1. The summed E-state index contributed by atoms with van der Waals surface area (Å²) >= 11 is 5.94. The molecule has 2 fully saturated rings. The van der Waals surface area contributed by atoms with Gasteiger partial charge in [-0.2, -0.15) is 5.10 Å². The predicted molar refractivity (Wildman–Crippen MR) is 157 cm³/mol. The van der Waals surface area contributed by atoms with Crippen LogP contribution in [0.4, 0.5) is 5.69 Å². The van der Waals surface area contributed by atoms with Crippen LogP contribution in [0.3, 0.4) is 0 Å². The topological polar surface area (TPSA) is 141 Å². The third-order valence-corrected chi connectivity index (χ3v) is 8.66. The number of benzene rings is 1. The van der Waals surface area contributed by atoms with Crippen LogP contribution in [0.25, 0.3) is 22.2 Å². The first-order valence-corrected chi connectivity index (χ1v) is 14.7. The largest absolute Gasteiger partial charge is 0.482 e. The third kappa shape index (κ3) is 4.86. The Morgan fingerprint density at radius 1 is 1.19 bits per heavy atom. The molecule has 1 saturated heterocycles. The van der Waals surface area contributed by atoms with E-state index in [0.717, 1.165) is 48.9 Å². The second kappa shape index (κ2) is 10.6. The molecule has 0 spiro atoms. The summed E-state index contributed by atoms with van der Waals surface area (Å²) in [6.45, 7) is 4.08. The first kappa shape index (κ1) is 26.8. The number of carbonyl (C=O) groups is 2. The lowest BCUT2D eigenvalue weighted by atomic mass is 9.92. The van der Waals surface area contributed by atoms with Crippen LogP contribution in [0.2, 0.25) is 5.02 Å². The number of ether oxygens (including phenoxy) is 1. The fraction of sp³-hybridized carbons (Fsp3) is 0.400. The number of hydrogen-bond donors (Lipinski definition) is 2. The van der Waals surface area contributed by atoms with Crippen molar-refractivity contribution in [2.75, 3.05) is 24.6 Å². The van der Waals surface area contributed by atoms with Crippen LogP contribution in [-0.2, 0) is 17.8 Å². The van der Waals surface area contributed by atoms with E-state index in [1.165, 1.54) is 12.4 Å². The molecule has 3 N–H and O–H groups in total. The van der Waals surface area contributed by atoms with Crippen molar-refractivity contribution in [2.24, 2.45) is 17.6 Å². The molecule has 2 aliphatic heterocycles. The molecular formula is C30H31ClN8O3. The Hall–Kier alpha value is -4.09. The normalized spacial score (nSPS) is 20.4. The number of pyridine rings is 1. The molecule has 1 saturated carbocycles. The number of fused-ring (bicyclic) bond motifs is 2. The van der Waals surface area contributed by atoms with Crippen LogP contribution in [0.5, 0.6) is 5.75 Å². The molecule has 1 aromatic carbocycles. The number of halogens is 1. The minimum absolute atomic E-state index is 0.128. The second-order valence-corrected chi connectivity index (χ2v) is 11.9. The van der Waals surface area contributed by atoms with Crippen molar-refractivity contribution in [2.45, 2.75) is 45.2 Å². The average molecular weight is 587 g/mol. The Morgan fingerprint density at radius 2 is 2.00 bits per heavy atom. The second-order valence-electron chi connectivity index (χ2n) is 11.5. The Morgan fingerprint density at radius 3 is 2.74 bits per heavy atom. The number of hydrogen-bond acceptors (Lipinski definition) is 8. The summed E-state index contributed by atoms with van der Waals surface area (Å²) in [5, 5.41) is 9.47. The Balaban J connectivity index is 1.36. The van der Waals surface area contributed by atoms with E-state index in [9.17, 15) is 9.59 Å². The molecule has 11 nitrogen and oxygen atoms in total. The van der Waals surface area contributed by atoms with Gasteiger partial charge < -0.3 is 15.8 Å². The zero-order valence-electron chi connectivity index (χ0n) is 23.2. The molecule has 5 heterocycles. The van der Waals surface area contributed by atoms with Gasteiger partial charge in [0.05, 0.1) is 40.8 Å². The van der Waals surface area contributed by atoms with Gasteiger partial charge in [0.1, 0.15) is 11.6 Å². The molecule has 0 radical (unpaired) electrons. The molecule has 2 amide bonds. The lowest BCUT2D eigenvalue weighted by Crippen LogP contribution is -2.38. The summed E-state index contributed by atoms with van der Waals surface area (Å²) in [5.41, 5.74) is 10.0. The van der Waals surface area contributed by atoms with Crippen LogP contribution < -0.4 is 20.7 Å². The molecule has 2 atom stereocenters. The number of rotatable bonds is 7. The lowest BCUT2D eigenvalue weighted by molar-refractivity contribution is -0.121. The van der Waals surface area contributed by atoms with E-state index in [1.807, 2.05) is 22.9 Å². The molecule has 1 aliphatic carbocycles. The monoisotopic (exact) mass is 586 g/mol. The van der Waals surface area contributed by atoms with E-state index >= 15 is 0 Å². The number of nitrogens with one attached hydrogen (secondary N) is 1. The van der Waals surface area contributed by atoms with Gasteiger partial charge in [-0.15, -0.1) is 0 Å². The van der Waals surface area contributed by atoms with Crippen LogP contribution in [-0.4, -0.2) is 56.2 Å². The highest BCUT2D eigenvalue weighted by Crippen LogP contribution is 2.42. The molecule has 42 heavy (non-hydrogen) atoms. The van der Waals surface area contributed by atoms with Gasteiger partial charge in [0.2, 0.25) is 0 Å². The molecular weight excluding hydrogens is 556 g/mol. The van der Waals surface area contributed by atoms with Crippen molar-refractivity contribution in [3.8, 4) is 16.9 Å². The van der Waals surface area contributed by atoms with E-state index < -0.39 is 5.91 Å². The van der Waals surface area contributed by atoms with Crippen LogP contribution in [0.1, 0.15) is 54.1 Å². The van der Waals surface area contributed by atoms with Gasteiger partial charge in [0, 0.05) is 23.3 Å². The minimum atomic E-state index is -0.520. The lowest BCUT2D eigenvalue weighted by Gasteiger charge is -2.30. The van der Waals surface area contributed by atoms with Crippen LogP contribution >= 0.6 is 11.6 Å². The first-order chi connectivity index (χ1) is 20.4. The maximum atomic E-state index is 13.1. The smallest absolute Gasteiger partial charge is 0.265 e. The maximum absolute atomic E-state index is 13.1. The van der Waals surface area contributed by atoms with Crippen molar-refractivity contribution in [3.05, 3.63) is 58.9 Å². The zero-order chi connectivity index (χ0) is 29.0. The van der Waals surface area contributed by atoms with Gasteiger partial charge >= 0.3 is 0 Å². The summed E-state index contributed by atoms with van der Waals surface area (Å²) in [7, 11) is 0. The molecule has 7 rings (SSSR count). The van der Waals surface area contributed by atoms with Gasteiger partial charge in [-0.25, -0.2) is 19.6 Å². The molecule has 12 heteroatoms. The van der Waals surface area contributed by atoms with Crippen molar-refractivity contribution < 1.29 is 14.3 Å². The van der Waals surface area contributed by atoms with Crippen LogP contribution in [0, 0.1) is 11.8 Å². The maximum Gasteiger partial charge on any atom is 0.265 e. The number of nitrogens with two attached hydrogens (primary N) is 1. The van der Waals surface area contributed by atoms with Gasteiger partial charge in [-0.1, -0.05) is 24.6 Å². The predicted octanol–water partition coefficient (Wildman–Crippen LogP) is 3.69. The summed E-state index contributed by atoms with van der Waals surface area (Å²) in [5.74, 6) is 1.12. The number of primary amides is 1. The highest BCUT2D eigenvalue weighted by atomic mass is 35.5. The molecule has 3 aromatic heterocycles. The molecule has 3 aliphatic rings. The first-order valence-electron chi connectivity index (χ1n) is 14.3.